The van der Waals surface area contributed by atoms with E-state index in [1.54, 1.807) is 6.07 Å². The van der Waals surface area contributed by atoms with Gasteiger partial charge in [0.05, 0.1) is 17.1 Å². The molecule has 2 aromatic rings. The highest BCUT2D eigenvalue weighted by molar-refractivity contribution is 6.40. The van der Waals surface area contributed by atoms with Gasteiger partial charge in [0.15, 0.2) is 5.76 Å². The summed E-state index contributed by atoms with van der Waals surface area (Å²) in [6.45, 7) is -0.289. The van der Waals surface area contributed by atoms with Gasteiger partial charge in [-0.3, -0.25) is 14.5 Å². The lowest BCUT2D eigenvalue weighted by molar-refractivity contribution is -0.138. The van der Waals surface area contributed by atoms with E-state index in [0.717, 1.165) is 4.90 Å². The summed E-state index contributed by atoms with van der Waals surface area (Å²) < 4.78 is 13.8. The zero-order valence-electron chi connectivity index (χ0n) is 12.1. The van der Waals surface area contributed by atoms with Gasteiger partial charge in [-0.2, -0.15) is 0 Å². The van der Waals surface area contributed by atoms with Crippen LogP contribution in [0, 0.1) is 5.82 Å². The van der Waals surface area contributed by atoms with E-state index >= 15 is 0 Å². The van der Waals surface area contributed by atoms with Crippen molar-refractivity contribution in [3.8, 4) is 0 Å². The van der Waals surface area contributed by atoms with Gasteiger partial charge in [0.1, 0.15) is 5.82 Å². The summed E-state index contributed by atoms with van der Waals surface area (Å²) >= 11 is 11.9. The van der Waals surface area contributed by atoms with E-state index in [0.29, 0.717) is 5.02 Å². The number of hydrogen-bond acceptors (Lipinski definition) is 3. The van der Waals surface area contributed by atoms with Crippen LogP contribution in [0.3, 0.4) is 0 Å². The molecule has 4 nitrogen and oxygen atoms in total. The number of hydrogen-bond donors (Lipinski definition) is 1. The van der Waals surface area contributed by atoms with E-state index in [-0.39, 0.29) is 28.3 Å². The smallest absolute Gasteiger partial charge is 0.296 e. The van der Waals surface area contributed by atoms with Crippen molar-refractivity contribution < 1.29 is 19.1 Å². The first kappa shape index (κ1) is 16.5. The van der Waals surface area contributed by atoms with Gasteiger partial charge < -0.3 is 5.11 Å². The molecule has 7 heteroatoms. The molecule has 122 valence electrons. The van der Waals surface area contributed by atoms with Crippen LogP contribution in [0.4, 0.5) is 4.39 Å². The number of carbonyl (C=O) groups is 2. The van der Waals surface area contributed by atoms with E-state index < -0.39 is 23.4 Å². The molecule has 0 unspecified atom stereocenters. The molecular weight excluding hydrogens is 356 g/mol. The van der Waals surface area contributed by atoms with Gasteiger partial charge >= 0.3 is 0 Å². The SMILES string of the molecule is O=C1C(O)=C(c2ccc(Cl)cc2Cl)C(=O)N1Cc1ccccc1F. The third-order valence-corrected chi connectivity index (χ3v) is 4.18. The minimum Gasteiger partial charge on any atom is -0.502 e. The fourth-order valence-corrected chi connectivity index (χ4v) is 2.94. The summed E-state index contributed by atoms with van der Waals surface area (Å²) in [6, 6.07) is 10.1. The molecule has 0 bridgehead atoms. The predicted molar refractivity (Wildman–Crippen MR) is 88.0 cm³/mol. The van der Waals surface area contributed by atoms with E-state index in [4.69, 9.17) is 23.2 Å². The largest absolute Gasteiger partial charge is 0.502 e. The summed E-state index contributed by atoms with van der Waals surface area (Å²) in [5.41, 5.74) is 0.126. The third-order valence-electron chi connectivity index (χ3n) is 3.63. The van der Waals surface area contributed by atoms with Crippen molar-refractivity contribution >= 4 is 40.6 Å². The van der Waals surface area contributed by atoms with Crippen LogP contribution in [0.5, 0.6) is 0 Å². The molecule has 0 saturated carbocycles. The summed E-state index contributed by atoms with van der Waals surface area (Å²) in [4.78, 5) is 25.5. The Balaban J connectivity index is 1.97. The number of nitrogens with zero attached hydrogens (tertiary/aromatic N) is 1. The van der Waals surface area contributed by atoms with Crippen LogP contribution in [0.1, 0.15) is 11.1 Å². The number of aliphatic hydroxyl groups is 1. The Kier molecular flexibility index (Phi) is 4.30. The van der Waals surface area contributed by atoms with Crippen LogP contribution in [0.25, 0.3) is 5.57 Å². The van der Waals surface area contributed by atoms with E-state index in [9.17, 15) is 19.1 Å². The molecule has 2 amide bonds. The van der Waals surface area contributed by atoms with Gasteiger partial charge in [0.25, 0.3) is 11.8 Å². The van der Waals surface area contributed by atoms with Crippen LogP contribution in [0.2, 0.25) is 10.0 Å². The van der Waals surface area contributed by atoms with Crippen LogP contribution in [0.15, 0.2) is 48.2 Å². The molecule has 2 aromatic carbocycles. The average molecular weight is 366 g/mol. The first-order valence-electron chi connectivity index (χ1n) is 6.88. The average Bonchev–Trinajstić information content (AvgIpc) is 2.74. The summed E-state index contributed by atoms with van der Waals surface area (Å²) in [5, 5.41) is 10.5. The van der Waals surface area contributed by atoms with Crippen molar-refractivity contribution in [3.63, 3.8) is 0 Å². The number of benzene rings is 2. The van der Waals surface area contributed by atoms with Crippen molar-refractivity contribution in [1.29, 1.82) is 0 Å². The number of imide groups is 1. The predicted octanol–water partition coefficient (Wildman–Crippen LogP) is 3.97. The van der Waals surface area contributed by atoms with Crippen molar-refractivity contribution in [2.75, 3.05) is 0 Å². The molecule has 3 rings (SSSR count). The Morgan fingerprint density at radius 2 is 1.75 bits per heavy atom. The number of carbonyl (C=O) groups excluding carboxylic acids is 2. The molecule has 0 aromatic heterocycles. The lowest BCUT2D eigenvalue weighted by Gasteiger charge is -2.15. The summed E-state index contributed by atoms with van der Waals surface area (Å²) in [7, 11) is 0. The fourth-order valence-electron chi connectivity index (χ4n) is 2.44. The summed E-state index contributed by atoms with van der Waals surface area (Å²) in [6.07, 6.45) is 0. The first-order chi connectivity index (χ1) is 11.4. The molecule has 1 heterocycles. The number of aliphatic hydroxyl groups excluding tert-OH is 1. The second-order valence-electron chi connectivity index (χ2n) is 5.14. The second-order valence-corrected chi connectivity index (χ2v) is 5.98. The highest BCUT2D eigenvalue weighted by atomic mass is 35.5. The minimum atomic E-state index is -0.899. The molecule has 0 saturated heterocycles. The van der Waals surface area contributed by atoms with Crippen LogP contribution >= 0.6 is 23.2 Å². The highest BCUT2D eigenvalue weighted by Crippen LogP contribution is 2.34. The molecule has 0 spiro atoms. The van der Waals surface area contributed by atoms with Gasteiger partial charge in [-0.25, -0.2) is 4.39 Å². The monoisotopic (exact) mass is 365 g/mol. The Hall–Kier alpha value is -2.37. The van der Waals surface area contributed by atoms with E-state index in [2.05, 4.69) is 0 Å². The molecule has 1 N–H and O–H groups in total. The number of amides is 2. The summed E-state index contributed by atoms with van der Waals surface area (Å²) in [5.74, 6) is -2.91. The standard InChI is InChI=1S/C17H10Cl2FNO3/c18-10-5-6-11(12(19)7-10)14-15(22)17(24)21(16(14)23)8-9-3-1-2-4-13(9)20/h1-7,22H,8H2. The van der Waals surface area contributed by atoms with Crippen molar-refractivity contribution in [2.24, 2.45) is 0 Å². The zero-order valence-corrected chi connectivity index (χ0v) is 13.6. The first-order valence-corrected chi connectivity index (χ1v) is 7.64. The molecular formula is C17H10Cl2FNO3. The van der Waals surface area contributed by atoms with Gasteiger partial charge in [0, 0.05) is 16.1 Å². The minimum absolute atomic E-state index is 0.123. The zero-order chi connectivity index (χ0) is 17.4. The molecule has 1 aliphatic rings. The normalized spacial score (nSPS) is 14.7. The molecule has 1 aliphatic heterocycles. The maximum absolute atomic E-state index is 13.8. The Bertz CT molecular complexity index is 895. The van der Waals surface area contributed by atoms with Crippen molar-refractivity contribution in [2.45, 2.75) is 6.54 Å². The lowest BCUT2D eigenvalue weighted by Crippen LogP contribution is -2.31. The second kappa shape index (κ2) is 6.26. The molecule has 0 radical (unpaired) electrons. The van der Waals surface area contributed by atoms with Crippen molar-refractivity contribution in [3.05, 3.63) is 75.2 Å². The third kappa shape index (κ3) is 2.77. The number of rotatable bonds is 3. The molecule has 0 fully saturated rings. The molecule has 0 atom stereocenters. The van der Waals surface area contributed by atoms with Gasteiger partial charge in [-0.15, -0.1) is 0 Å². The van der Waals surface area contributed by atoms with E-state index in [1.165, 1.54) is 36.4 Å². The van der Waals surface area contributed by atoms with E-state index in [1.807, 2.05) is 0 Å². The van der Waals surface area contributed by atoms with Gasteiger partial charge in [-0.1, -0.05) is 47.5 Å². The fraction of sp³-hybridized carbons (Fsp3) is 0.0588. The molecule has 0 aliphatic carbocycles. The van der Waals surface area contributed by atoms with Gasteiger partial charge in [0.2, 0.25) is 0 Å². The van der Waals surface area contributed by atoms with Crippen LogP contribution in [-0.2, 0) is 16.1 Å². The maximum atomic E-state index is 13.8. The quantitative estimate of drug-likeness (QED) is 0.837. The van der Waals surface area contributed by atoms with Gasteiger partial charge in [-0.05, 0) is 18.2 Å². The van der Waals surface area contributed by atoms with Crippen LogP contribution in [-0.4, -0.2) is 21.8 Å². The van der Waals surface area contributed by atoms with Crippen LogP contribution < -0.4 is 0 Å². The Morgan fingerprint density at radius 1 is 1.04 bits per heavy atom. The topological polar surface area (TPSA) is 57.6 Å². The maximum Gasteiger partial charge on any atom is 0.296 e. The highest BCUT2D eigenvalue weighted by Gasteiger charge is 2.40. The Labute approximate surface area is 146 Å². The molecule has 24 heavy (non-hydrogen) atoms. The lowest BCUT2D eigenvalue weighted by atomic mass is 10.1. The Morgan fingerprint density at radius 3 is 2.42 bits per heavy atom. The van der Waals surface area contributed by atoms with Crippen molar-refractivity contribution in [1.82, 2.24) is 4.90 Å². The number of halogens is 3.